The first-order chi connectivity index (χ1) is 7.31. The number of nitrogens with one attached hydrogen (secondary N) is 1. The molecule has 1 aliphatic rings. The summed E-state index contributed by atoms with van der Waals surface area (Å²) in [6, 6.07) is 8.34. The number of amides is 1. The van der Waals surface area contributed by atoms with E-state index >= 15 is 0 Å². The van der Waals surface area contributed by atoms with Gasteiger partial charge in [-0.05, 0) is 0 Å². The quantitative estimate of drug-likeness (QED) is 0.661. The van der Waals surface area contributed by atoms with Crippen LogP contribution in [0.2, 0.25) is 8.94 Å². The molecule has 4 heteroatoms. The van der Waals surface area contributed by atoms with Crippen LogP contribution in [0.25, 0.3) is 0 Å². The minimum absolute atomic E-state index is 0. The number of para-hydroxylation sites is 1. The number of rotatable bonds is 3. The Hall–Kier alpha value is -0.0404. The van der Waals surface area contributed by atoms with E-state index in [0.717, 1.165) is 10.2 Å². The van der Waals surface area contributed by atoms with Crippen LogP contribution < -0.4 is 25.9 Å². The Labute approximate surface area is 114 Å². The van der Waals surface area contributed by atoms with Gasteiger partial charge in [0.15, 0.2) is 0 Å². The Bertz CT molecular complexity index is 370. The molecule has 1 aromatic rings. The molecule has 16 heavy (non-hydrogen) atoms. The Kier molecular flexibility index (Phi) is 5.82. The molecule has 1 amide bonds. The van der Waals surface area contributed by atoms with Crippen molar-refractivity contribution in [3.05, 3.63) is 24.3 Å². The van der Waals surface area contributed by atoms with Crippen LogP contribution in [0.3, 0.4) is 0 Å². The number of carbonyl (C=O) groups is 1. The third-order valence-corrected chi connectivity index (χ3v) is 9.29. The molecule has 0 saturated heterocycles. The normalized spacial score (nSPS) is 14.9. The maximum Gasteiger partial charge on any atom is -1.00 e. The fraction of sp³-hybridized carbons (Fsp3) is 0.417. The van der Waals surface area contributed by atoms with Crippen LogP contribution in [-0.4, -0.2) is 25.5 Å². The van der Waals surface area contributed by atoms with Crippen LogP contribution in [-0.2, 0) is 4.79 Å². The third-order valence-electron chi connectivity index (χ3n) is 2.52. The summed E-state index contributed by atoms with van der Waals surface area (Å²) in [6.07, 6.45) is 2.51. The van der Waals surface area contributed by atoms with E-state index in [1.165, 1.54) is 20.9 Å². The SMILES string of the molecule is CCCC[Te+]1CC(=O)Nc2ccccc21.[Br-]. The molecule has 0 radical (unpaired) electrons. The molecular formula is C12H16BrNOTe. The molecule has 1 heterocycles. The number of fused-ring (bicyclic) bond motifs is 1. The minimum Gasteiger partial charge on any atom is -1.00 e. The van der Waals surface area contributed by atoms with E-state index in [2.05, 4.69) is 24.4 Å². The van der Waals surface area contributed by atoms with Gasteiger partial charge in [0.25, 0.3) is 0 Å². The number of carbonyl (C=O) groups excluding carboxylic acids is 1. The summed E-state index contributed by atoms with van der Waals surface area (Å²) in [4.78, 5) is 11.5. The zero-order chi connectivity index (χ0) is 10.7. The van der Waals surface area contributed by atoms with Crippen LogP contribution in [0.5, 0.6) is 0 Å². The van der Waals surface area contributed by atoms with Gasteiger partial charge in [0.2, 0.25) is 0 Å². The zero-order valence-corrected chi connectivity index (χ0v) is 13.2. The maximum atomic E-state index is 11.5. The van der Waals surface area contributed by atoms with Crippen LogP contribution in [0.1, 0.15) is 19.8 Å². The Morgan fingerprint density at radius 3 is 2.88 bits per heavy atom. The van der Waals surface area contributed by atoms with Gasteiger partial charge < -0.3 is 17.0 Å². The van der Waals surface area contributed by atoms with Crippen LogP contribution in [0, 0.1) is 0 Å². The van der Waals surface area contributed by atoms with Crippen LogP contribution in [0.4, 0.5) is 5.69 Å². The Morgan fingerprint density at radius 2 is 2.12 bits per heavy atom. The van der Waals surface area contributed by atoms with Gasteiger partial charge in [-0.3, -0.25) is 0 Å². The third kappa shape index (κ3) is 3.23. The second-order valence-corrected chi connectivity index (χ2v) is 9.80. The molecule has 0 bridgehead atoms. The van der Waals surface area contributed by atoms with Gasteiger partial charge in [0.05, 0.1) is 0 Å². The molecule has 0 saturated carbocycles. The van der Waals surface area contributed by atoms with E-state index in [1.807, 2.05) is 12.1 Å². The fourth-order valence-corrected chi connectivity index (χ4v) is 8.16. The van der Waals surface area contributed by atoms with E-state index in [9.17, 15) is 4.79 Å². The zero-order valence-electron chi connectivity index (χ0n) is 9.33. The van der Waals surface area contributed by atoms with E-state index < -0.39 is 19.6 Å². The van der Waals surface area contributed by atoms with Crippen molar-refractivity contribution in [3.8, 4) is 0 Å². The van der Waals surface area contributed by atoms with Gasteiger partial charge in [-0.15, -0.1) is 0 Å². The van der Waals surface area contributed by atoms with E-state index in [0.29, 0.717) is 0 Å². The summed E-state index contributed by atoms with van der Waals surface area (Å²) < 4.78 is 3.60. The molecule has 1 aliphatic heterocycles. The van der Waals surface area contributed by atoms with Crippen molar-refractivity contribution in [3.63, 3.8) is 0 Å². The number of unbranched alkanes of at least 4 members (excludes halogenated alkanes) is 1. The van der Waals surface area contributed by atoms with E-state index in [1.54, 1.807) is 0 Å². The largest absolute Gasteiger partial charge is 1.00 e. The first-order valence-electron chi connectivity index (χ1n) is 5.37. The Morgan fingerprint density at radius 1 is 1.38 bits per heavy atom. The number of halogens is 1. The van der Waals surface area contributed by atoms with Crippen LogP contribution >= 0.6 is 0 Å². The van der Waals surface area contributed by atoms with Crippen molar-refractivity contribution in [2.75, 3.05) is 5.32 Å². The first-order valence-corrected chi connectivity index (χ1v) is 9.83. The van der Waals surface area contributed by atoms with E-state index in [-0.39, 0.29) is 22.9 Å². The van der Waals surface area contributed by atoms with Crippen molar-refractivity contribution in [2.45, 2.75) is 28.7 Å². The molecule has 0 spiro atoms. The predicted molar refractivity (Wildman–Crippen MR) is 65.0 cm³/mol. The smallest absolute Gasteiger partial charge is 1.00 e. The topological polar surface area (TPSA) is 29.1 Å². The van der Waals surface area contributed by atoms with Gasteiger partial charge in [-0.2, -0.15) is 0 Å². The number of hydrogen-bond acceptors (Lipinski definition) is 1. The van der Waals surface area contributed by atoms with Crippen molar-refractivity contribution in [1.82, 2.24) is 0 Å². The second kappa shape index (κ2) is 6.64. The summed E-state index contributed by atoms with van der Waals surface area (Å²) in [5.41, 5.74) is 1.08. The average molecular weight is 398 g/mol. The van der Waals surface area contributed by atoms with Gasteiger partial charge >= 0.3 is 97.8 Å². The molecule has 0 aromatic heterocycles. The fourth-order valence-electron chi connectivity index (χ4n) is 1.74. The summed E-state index contributed by atoms with van der Waals surface area (Å²) in [5.74, 6) is 0.237. The number of benzene rings is 1. The molecule has 1 aromatic carbocycles. The molecule has 0 fully saturated rings. The Balaban J connectivity index is 0.00000128. The van der Waals surface area contributed by atoms with Crippen molar-refractivity contribution in [2.24, 2.45) is 0 Å². The summed E-state index contributed by atoms with van der Waals surface area (Å²) >= 11 is -1.33. The molecular weight excluding hydrogens is 382 g/mol. The molecule has 88 valence electrons. The molecule has 1 N–H and O–H groups in total. The van der Waals surface area contributed by atoms with Gasteiger partial charge in [-0.25, -0.2) is 0 Å². The molecule has 2 nitrogen and oxygen atoms in total. The molecule has 0 aliphatic carbocycles. The summed E-state index contributed by atoms with van der Waals surface area (Å²) in [7, 11) is 0. The summed E-state index contributed by atoms with van der Waals surface area (Å²) in [6.45, 7) is 2.22. The van der Waals surface area contributed by atoms with Crippen molar-refractivity contribution >= 4 is 34.8 Å². The predicted octanol–water partition coefficient (Wildman–Crippen LogP) is -0.855. The number of hydrogen-bond donors (Lipinski definition) is 1. The monoisotopic (exact) mass is 399 g/mol. The van der Waals surface area contributed by atoms with E-state index in [4.69, 9.17) is 0 Å². The minimum atomic E-state index is -1.33. The standard InChI is InChI=1S/C12H15NOTe.BrH/c1-2-3-8-15-9-12(14)13-10-6-4-5-7-11(10)15;/h4-7H,2-3,8-9H2,1H3;1H. The van der Waals surface area contributed by atoms with Gasteiger partial charge in [0, 0.05) is 0 Å². The van der Waals surface area contributed by atoms with Crippen molar-refractivity contribution in [1.29, 1.82) is 0 Å². The number of anilines is 1. The average Bonchev–Trinajstić information content (AvgIpc) is 2.25. The molecule has 0 unspecified atom stereocenters. The summed E-state index contributed by atoms with van der Waals surface area (Å²) in [5, 5.41) is 2.97. The second-order valence-electron chi connectivity index (χ2n) is 3.74. The molecule has 2 rings (SSSR count). The van der Waals surface area contributed by atoms with Gasteiger partial charge in [-0.1, -0.05) is 0 Å². The molecule has 0 atom stereocenters. The van der Waals surface area contributed by atoms with Gasteiger partial charge in [0.1, 0.15) is 0 Å². The first kappa shape index (κ1) is 14.0. The van der Waals surface area contributed by atoms with Crippen LogP contribution in [0.15, 0.2) is 24.3 Å². The maximum absolute atomic E-state index is 11.5. The van der Waals surface area contributed by atoms with Crippen molar-refractivity contribution < 1.29 is 21.8 Å².